The van der Waals surface area contributed by atoms with Crippen LogP contribution in [0.15, 0.2) is 54.6 Å². The highest BCUT2D eigenvalue weighted by molar-refractivity contribution is 6.30. The van der Waals surface area contributed by atoms with Crippen LogP contribution in [0.25, 0.3) is 16.8 Å². The molecule has 0 amide bonds. The zero-order valence-electron chi connectivity index (χ0n) is 11.2. The predicted octanol–water partition coefficient (Wildman–Crippen LogP) is 5.27. The third-order valence-corrected chi connectivity index (χ3v) is 3.45. The van der Waals surface area contributed by atoms with Crippen molar-refractivity contribution in [3.05, 3.63) is 71.3 Å². The third-order valence-electron chi connectivity index (χ3n) is 3.20. The summed E-state index contributed by atoms with van der Waals surface area (Å²) in [4.78, 5) is 0. The zero-order chi connectivity index (χ0) is 15.7. The van der Waals surface area contributed by atoms with E-state index in [0.717, 1.165) is 4.68 Å². The largest absolute Gasteiger partial charge is 0.282 e. The molecule has 0 aliphatic rings. The van der Waals surface area contributed by atoms with E-state index in [1.807, 2.05) is 0 Å². The standard InChI is InChI=1S/C16H10ClF3N2/c17-11-8-6-10(7-9-11)13-14(15(18)19)21-22(16(13)20)12-4-2-1-3-5-12/h1-9,15H. The van der Waals surface area contributed by atoms with Crippen LogP contribution in [0.2, 0.25) is 5.02 Å². The fraction of sp³-hybridized carbons (Fsp3) is 0.0625. The van der Waals surface area contributed by atoms with Crippen molar-refractivity contribution in [1.29, 1.82) is 0 Å². The molecule has 6 heteroatoms. The number of rotatable bonds is 3. The van der Waals surface area contributed by atoms with Gasteiger partial charge in [0.25, 0.3) is 6.43 Å². The number of alkyl halides is 2. The first kappa shape index (κ1) is 14.7. The van der Waals surface area contributed by atoms with Gasteiger partial charge >= 0.3 is 0 Å². The van der Waals surface area contributed by atoms with Crippen LogP contribution in [0.3, 0.4) is 0 Å². The molecular formula is C16H10ClF3N2. The molecule has 0 fully saturated rings. The number of halogens is 4. The lowest BCUT2D eigenvalue weighted by Gasteiger charge is -2.03. The monoisotopic (exact) mass is 322 g/mol. The Morgan fingerprint density at radius 2 is 1.59 bits per heavy atom. The second-order valence-electron chi connectivity index (χ2n) is 4.61. The molecule has 0 aliphatic carbocycles. The molecule has 1 heterocycles. The maximum atomic E-state index is 14.7. The molecule has 0 bridgehead atoms. The van der Waals surface area contributed by atoms with Gasteiger partial charge in [0.15, 0.2) is 0 Å². The highest BCUT2D eigenvalue weighted by Crippen LogP contribution is 2.34. The minimum absolute atomic E-state index is 0.212. The molecule has 0 aliphatic heterocycles. The molecule has 2 aromatic carbocycles. The Balaban J connectivity index is 2.21. The average Bonchev–Trinajstić information content (AvgIpc) is 2.87. The van der Waals surface area contributed by atoms with Crippen molar-refractivity contribution in [2.24, 2.45) is 0 Å². The van der Waals surface area contributed by atoms with Gasteiger partial charge in [-0.15, -0.1) is 0 Å². The Bertz CT molecular complexity index is 783. The van der Waals surface area contributed by atoms with E-state index in [4.69, 9.17) is 11.6 Å². The maximum absolute atomic E-state index is 14.7. The predicted molar refractivity (Wildman–Crippen MR) is 78.9 cm³/mol. The van der Waals surface area contributed by atoms with Gasteiger partial charge in [-0.25, -0.2) is 13.5 Å². The van der Waals surface area contributed by atoms with Crippen molar-refractivity contribution in [2.75, 3.05) is 0 Å². The maximum Gasteiger partial charge on any atom is 0.282 e. The van der Waals surface area contributed by atoms with Crippen molar-refractivity contribution >= 4 is 11.6 Å². The van der Waals surface area contributed by atoms with E-state index in [-0.39, 0.29) is 5.56 Å². The Morgan fingerprint density at radius 1 is 0.955 bits per heavy atom. The van der Waals surface area contributed by atoms with Crippen molar-refractivity contribution in [3.63, 3.8) is 0 Å². The molecule has 0 N–H and O–H groups in total. The van der Waals surface area contributed by atoms with E-state index < -0.39 is 18.1 Å². The summed E-state index contributed by atoms with van der Waals surface area (Å²) in [6.45, 7) is 0. The van der Waals surface area contributed by atoms with Crippen molar-refractivity contribution in [1.82, 2.24) is 9.78 Å². The van der Waals surface area contributed by atoms with Crippen LogP contribution >= 0.6 is 11.6 Å². The molecule has 0 radical (unpaired) electrons. The Morgan fingerprint density at radius 3 is 2.18 bits per heavy atom. The summed E-state index contributed by atoms with van der Waals surface area (Å²) in [7, 11) is 0. The van der Waals surface area contributed by atoms with Crippen LogP contribution in [0.4, 0.5) is 13.2 Å². The first-order valence-corrected chi connectivity index (χ1v) is 6.83. The Hall–Kier alpha value is -2.27. The van der Waals surface area contributed by atoms with E-state index >= 15 is 0 Å². The quantitative estimate of drug-likeness (QED) is 0.642. The number of aromatic nitrogens is 2. The summed E-state index contributed by atoms with van der Waals surface area (Å²) >= 11 is 5.78. The molecule has 112 valence electrons. The molecule has 3 rings (SSSR count). The van der Waals surface area contributed by atoms with Gasteiger partial charge in [0.1, 0.15) is 5.69 Å². The number of benzene rings is 2. The molecule has 0 saturated heterocycles. The molecule has 2 nitrogen and oxygen atoms in total. The topological polar surface area (TPSA) is 17.8 Å². The van der Waals surface area contributed by atoms with Gasteiger partial charge in [-0.2, -0.15) is 9.49 Å². The van der Waals surface area contributed by atoms with Gasteiger partial charge in [0, 0.05) is 5.02 Å². The van der Waals surface area contributed by atoms with Crippen molar-refractivity contribution in [2.45, 2.75) is 6.43 Å². The van der Waals surface area contributed by atoms with E-state index in [9.17, 15) is 13.2 Å². The minimum atomic E-state index is -2.88. The van der Waals surface area contributed by atoms with Gasteiger partial charge in [0.05, 0.1) is 11.3 Å². The summed E-state index contributed by atoms with van der Waals surface area (Å²) in [6.07, 6.45) is -2.88. The molecule has 22 heavy (non-hydrogen) atoms. The molecule has 0 atom stereocenters. The minimum Gasteiger partial charge on any atom is -0.206 e. The van der Waals surface area contributed by atoms with E-state index in [1.165, 1.54) is 24.3 Å². The van der Waals surface area contributed by atoms with E-state index in [0.29, 0.717) is 16.3 Å². The van der Waals surface area contributed by atoms with Gasteiger partial charge in [-0.05, 0) is 29.8 Å². The van der Waals surface area contributed by atoms with Crippen LogP contribution in [-0.4, -0.2) is 9.78 Å². The summed E-state index contributed by atoms with van der Waals surface area (Å²) in [5.74, 6) is -0.830. The third kappa shape index (κ3) is 2.60. The van der Waals surface area contributed by atoms with Crippen LogP contribution in [0, 0.1) is 5.95 Å². The zero-order valence-corrected chi connectivity index (χ0v) is 11.9. The summed E-state index contributed by atoms with van der Waals surface area (Å²) < 4.78 is 42.0. The van der Waals surface area contributed by atoms with Gasteiger partial charge in [-0.1, -0.05) is 41.9 Å². The first-order chi connectivity index (χ1) is 10.6. The van der Waals surface area contributed by atoms with E-state index in [1.54, 1.807) is 30.3 Å². The van der Waals surface area contributed by atoms with Crippen LogP contribution in [0.5, 0.6) is 0 Å². The lowest BCUT2D eigenvalue weighted by Crippen LogP contribution is -1.99. The lowest BCUT2D eigenvalue weighted by molar-refractivity contribution is 0.146. The lowest BCUT2D eigenvalue weighted by atomic mass is 10.1. The van der Waals surface area contributed by atoms with Gasteiger partial charge < -0.3 is 0 Å². The molecule has 0 saturated carbocycles. The van der Waals surface area contributed by atoms with Crippen LogP contribution in [-0.2, 0) is 0 Å². The average molecular weight is 323 g/mol. The van der Waals surface area contributed by atoms with Crippen molar-refractivity contribution in [3.8, 4) is 16.8 Å². The second-order valence-corrected chi connectivity index (χ2v) is 5.04. The van der Waals surface area contributed by atoms with Crippen LogP contribution < -0.4 is 0 Å². The molecular weight excluding hydrogens is 313 g/mol. The fourth-order valence-corrected chi connectivity index (χ4v) is 2.32. The fourth-order valence-electron chi connectivity index (χ4n) is 2.19. The Kier molecular flexibility index (Phi) is 3.90. The summed E-state index contributed by atoms with van der Waals surface area (Å²) in [5, 5.41) is 4.18. The number of para-hydroxylation sites is 1. The van der Waals surface area contributed by atoms with Gasteiger partial charge in [0.2, 0.25) is 5.95 Å². The van der Waals surface area contributed by atoms with Gasteiger partial charge in [-0.3, -0.25) is 0 Å². The highest BCUT2D eigenvalue weighted by atomic mass is 35.5. The highest BCUT2D eigenvalue weighted by Gasteiger charge is 2.26. The normalized spacial score (nSPS) is 11.1. The summed E-state index contributed by atoms with van der Waals surface area (Å²) in [6, 6.07) is 14.3. The molecule has 1 aromatic heterocycles. The van der Waals surface area contributed by atoms with E-state index in [2.05, 4.69) is 5.10 Å². The number of nitrogens with zero attached hydrogens (tertiary/aromatic N) is 2. The molecule has 0 spiro atoms. The van der Waals surface area contributed by atoms with Crippen LogP contribution in [0.1, 0.15) is 12.1 Å². The number of hydrogen-bond donors (Lipinski definition) is 0. The second kappa shape index (κ2) is 5.85. The summed E-state index contributed by atoms with van der Waals surface area (Å²) in [5.41, 5.74) is -0.124. The molecule has 0 unspecified atom stereocenters. The van der Waals surface area contributed by atoms with Crippen molar-refractivity contribution < 1.29 is 13.2 Å². The molecule has 3 aromatic rings. The first-order valence-electron chi connectivity index (χ1n) is 6.46. The Labute approximate surface area is 129 Å². The number of hydrogen-bond acceptors (Lipinski definition) is 1. The smallest absolute Gasteiger partial charge is 0.206 e. The SMILES string of the molecule is Fc1c(-c2ccc(Cl)cc2)c(C(F)F)nn1-c1ccccc1.